The normalized spacial score (nSPS) is 23.9. The Hall–Kier alpha value is -2.27. The molecule has 1 saturated heterocycles. The maximum atomic E-state index is 12.6. The summed E-state index contributed by atoms with van der Waals surface area (Å²) < 4.78 is 10.1. The third kappa shape index (κ3) is 6.44. The minimum atomic E-state index is -0.841. The lowest BCUT2D eigenvalue weighted by molar-refractivity contribution is -0.154. The lowest BCUT2D eigenvalue weighted by Crippen LogP contribution is -2.37. The highest BCUT2D eigenvalue weighted by molar-refractivity contribution is 9.12. The average molecular weight is 602 g/mol. The second-order valence-electron chi connectivity index (χ2n) is 8.25. The minimum Gasteiger partial charge on any atom is -0.462 e. The molecule has 1 aliphatic heterocycles. The Kier molecular flexibility index (Phi) is 9.24. The fourth-order valence-electron chi connectivity index (χ4n) is 3.92. The highest BCUT2D eigenvalue weighted by atomic mass is 79.9. The van der Waals surface area contributed by atoms with Crippen molar-refractivity contribution in [3.63, 3.8) is 0 Å². The number of fused-ring (bicyclic) bond motifs is 1. The molecule has 184 valence electrons. The smallest absolute Gasteiger partial charge is 0.338 e. The lowest BCUT2D eigenvalue weighted by Gasteiger charge is -2.29. The van der Waals surface area contributed by atoms with Gasteiger partial charge in [0, 0.05) is 15.3 Å². The predicted octanol–water partition coefficient (Wildman–Crippen LogP) is 3.05. The van der Waals surface area contributed by atoms with Crippen LogP contribution in [0, 0.1) is 11.8 Å². The molecular formula is C23H26Br2N2O7. The van der Waals surface area contributed by atoms with E-state index in [9.17, 15) is 24.0 Å². The first-order chi connectivity index (χ1) is 16.2. The number of rotatable bonds is 9. The Morgan fingerprint density at radius 3 is 2.15 bits per heavy atom. The van der Waals surface area contributed by atoms with E-state index in [1.54, 1.807) is 0 Å². The largest absolute Gasteiger partial charge is 0.462 e. The summed E-state index contributed by atoms with van der Waals surface area (Å²) in [5, 5.41) is 2.55. The number of esters is 2. The molecule has 3 amide bonds. The van der Waals surface area contributed by atoms with Crippen LogP contribution in [0.4, 0.5) is 5.69 Å². The van der Waals surface area contributed by atoms with Crippen molar-refractivity contribution in [2.45, 2.75) is 42.3 Å². The van der Waals surface area contributed by atoms with Crippen LogP contribution in [0.2, 0.25) is 0 Å². The molecule has 4 atom stereocenters. The summed E-state index contributed by atoms with van der Waals surface area (Å²) in [6.45, 7) is 1.25. The number of hydrogen-bond donors (Lipinski definition) is 1. The van der Waals surface area contributed by atoms with Gasteiger partial charge in [-0.3, -0.25) is 24.1 Å². The summed E-state index contributed by atoms with van der Waals surface area (Å²) in [4.78, 5) is 62.5. The van der Waals surface area contributed by atoms with E-state index in [-0.39, 0.29) is 21.5 Å². The Morgan fingerprint density at radius 2 is 1.59 bits per heavy atom. The van der Waals surface area contributed by atoms with Crippen LogP contribution in [-0.2, 0) is 28.7 Å². The van der Waals surface area contributed by atoms with Crippen LogP contribution < -0.4 is 5.32 Å². The number of unbranched alkanes of at least 4 members (excludes halogenated alkanes) is 1. The van der Waals surface area contributed by atoms with E-state index in [0.717, 1.165) is 17.7 Å². The van der Waals surface area contributed by atoms with Crippen molar-refractivity contribution in [1.29, 1.82) is 0 Å². The number of halogens is 2. The second-order valence-corrected chi connectivity index (χ2v) is 10.6. The van der Waals surface area contributed by atoms with Gasteiger partial charge in [0.1, 0.15) is 6.54 Å². The van der Waals surface area contributed by atoms with Crippen LogP contribution in [0.1, 0.15) is 43.0 Å². The van der Waals surface area contributed by atoms with Gasteiger partial charge in [0.05, 0.1) is 24.0 Å². The number of hydrogen-bond acceptors (Lipinski definition) is 7. The molecule has 1 N–H and O–H groups in total. The van der Waals surface area contributed by atoms with E-state index >= 15 is 0 Å². The van der Waals surface area contributed by atoms with Crippen LogP contribution in [-0.4, -0.2) is 64.0 Å². The highest BCUT2D eigenvalue weighted by Crippen LogP contribution is 2.43. The topological polar surface area (TPSA) is 119 Å². The summed E-state index contributed by atoms with van der Waals surface area (Å²) in [5.41, 5.74) is 0.771. The molecule has 2 fully saturated rings. The zero-order chi connectivity index (χ0) is 24.8. The van der Waals surface area contributed by atoms with Crippen LogP contribution in [0.15, 0.2) is 24.3 Å². The number of alkyl halides is 2. The molecule has 0 unspecified atom stereocenters. The lowest BCUT2D eigenvalue weighted by atomic mass is 9.81. The zero-order valence-electron chi connectivity index (χ0n) is 18.6. The number of imide groups is 1. The Labute approximate surface area is 214 Å². The van der Waals surface area contributed by atoms with Crippen molar-refractivity contribution >= 4 is 67.2 Å². The molecule has 11 heteroatoms. The third-order valence-electron chi connectivity index (χ3n) is 5.79. The van der Waals surface area contributed by atoms with Crippen LogP contribution in [0.25, 0.3) is 0 Å². The molecule has 2 aliphatic rings. The van der Waals surface area contributed by atoms with Crippen molar-refractivity contribution in [2.75, 3.05) is 25.1 Å². The molecule has 3 rings (SSSR count). The predicted molar refractivity (Wildman–Crippen MR) is 130 cm³/mol. The van der Waals surface area contributed by atoms with Gasteiger partial charge in [-0.15, -0.1) is 0 Å². The first-order valence-electron chi connectivity index (χ1n) is 11.1. The maximum absolute atomic E-state index is 12.6. The number of likely N-dealkylation sites (tertiary alicyclic amines) is 1. The SMILES string of the molecule is CCCCOC(=O)c1ccc(NC(=O)COC(=O)CN2C(=O)[C@H]3C[C@@H](Br)[C@@H](Br)C[C@H]3C2=O)cc1. The second kappa shape index (κ2) is 11.9. The molecule has 0 radical (unpaired) electrons. The molecule has 0 aromatic heterocycles. The first kappa shape index (κ1) is 26.3. The van der Waals surface area contributed by atoms with E-state index < -0.39 is 42.8 Å². The van der Waals surface area contributed by atoms with Crippen molar-refractivity contribution in [3.05, 3.63) is 29.8 Å². The van der Waals surface area contributed by atoms with E-state index in [1.807, 2.05) is 6.92 Å². The number of carbonyl (C=O) groups excluding carboxylic acids is 5. The number of amides is 3. The fourth-order valence-corrected chi connectivity index (χ4v) is 5.16. The highest BCUT2D eigenvalue weighted by Gasteiger charge is 2.52. The number of nitrogens with one attached hydrogen (secondary N) is 1. The molecule has 1 aliphatic carbocycles. The monoisotopic (exact) mass is 600 g/mol. The molecule has 34 heavy (non-hydrogen) atoms. The van der Waals surface area contributed by atoms with Crippen molar-refractivity contribution < 1.29 is 33.4 Å². The molecule has 1 saturated carbocycles. The van der Waals surface area contributed by atoms with E-state index in [2.05, 4.69) is 37.2 Å². The number of anilines is 1. The van der Waals surface area contributed by atoms with Gasteiger partial charge >= 0.3 is 11.9 Å². The van der Waals surface area contributed by atoms with Crippen molar-refractivity contribution in [1.82, 2.24) is 4.90 Å². The summed E-state index contributed by atoms with van der Waals surface area (Å²) in [5.74, 6) is -3.54. The van der Waals surface area contributed by atoms with Gasteiger partial charge in [-0.25, -0.2) is 4.79 Å². The maximum Gasteiger partial charge on any atom is 0.338 e. The third-order valence-corrected chi connectivity index (χ3v) is 8.52. The quantitative estimate of drug-likeness (QED) is 0.200. The van der Waals surface area contributed by atoms with Gasteiger partial charge in [0.15, 0.2) is 6.61 Å². The molecule has 1 aromatic carbocycles. The van der Waals surface area contributed by atoms with E-state index in [4.69, 9.17) is 9.47 Å². The molecule has 0 spiro atoms. The first-order valence-corrected chi connectivity index (χ1v) is 12.9. The number of nitrogens with zero attached hydrogens (tertiary/aromatic N) is 1. The van der Waals surface area contributed by atoms with Gasteiger partial charge < -0.3 is 14.8 Å². The molecule has 1 heterocycles. The van der Waals surface area contributed by atoms with Crippen molar-refractivity contribution in [2.24, 2.45) is 11.8 Å². The minimum absolute atomic E-state index is 0.0712. The van der Waals surface area contributed by atoms with E-state index in [1.165, 1.54) is 24.3 Å². The molecule has 0 bridgehead atoms. The fraction of sp³-hybridized carbons (Fsp3) is 0.522. The van der Waals surface area contributed by atoms with Crippen LogP contribution >= 0.6 is 31.9 Å². The number of ether oxygens (including phenoxy) is 2. The molecule has 1 aromatic rings. The van der Waals surface area contributed by atoms with Gasteiger partial charge in [-0.05, 0) is 43.5 Å². The molecule has 9 nitrogen and oxygen atoms in total. The Morgan fingerprint density at radius 1 is 1.00 bits per heavy atom. The Bertz CT molecular complexity index is 925. The number of benzene rings is 1. The Balaban J connectivity index is 1.44. The van der Waals surface area contributed by atoms with Gasteiger partial charge in [0.25, 0.3) is 5.91 Å². The van der Waals surface area contributed by atoms with Crippen LogP contribution in [0.3, 0.4) is 0 Å². The van der Waals surface area contributed by atoms with Crippen LogP contribution in [0.5, 0.6) is 0 Å². The summed E-state index contributed by atoms with van der Waals surface area (Å²) in [7, 11) is 0. The van der Waals surface area contributed by atoms with Gasteiger partial charge in [-0.1, -0.05) is 45.2 Å². The summed E-state index contributed by atoms with van der Waals surface area (Å²) >= 11 is 7.02. The van der Waals surface area contributed by atoms with Crippen molar-refractivity contribution in [3.8, 4) is 0 Å². The molecular weight excluding hydrogens is 576 g/mol. The van der Waals surface area contributed by atoms with Gasteiger partial charge in [-0.2, -0.15) is 0 Å². The summed E-state index contributed by atoms with van der Waals surface area (Å²) in [6, 6.07) is 6.12. The average Bonchev–Trinajstić information content (AvgIpc) is 3.02. The van der Waals surface area contributed by atoms with Gasteiger partial charge in [0.2, 0.25) is 11.8 Å². The standard InChI is InChI=1S/C23H26Br2N2O7/c1-2-3-8-33-23(32)13-4-6-14(7-5-13)26-19(28)12-34-20(29)11-27-21(30)15-9-17(24)18(25)10-16(15)22(27)31/h4-7,15-18H,2-3,8-12H2,1H3,(H,26,28)/t15-,16+,17+,18-. The summed E-state index contributed by atoms with van der Waals surface area (Å²) in [6.07, 6.45) is 2.72. The zero-order valence-corrected chi connectivity index (χ0v) is 21.8. The number of carbonyl (C=O) groups is 5. The van der Waals surface area contributed by atoms with E-state index in [0.29, 0.717) is 30.7 Å².